The highest BCUT2D eigenvalue weighted by Crippen LogP contribution is 2.28. The minimum absolute atomic E-state index is 0.597. The summed E-state index contributed by atoms with van der Waals surface area (Å²) in [6.07, 6.45) is 3.49. The lowest BCUT2D eigenvalue weighted by atomic mass is 10.0. The fraction of sp³-hybridized carbons (Fsp3) is 0.273. The molecule has 1 aromatic carbocycles. The highest BCUT2D eigenvalue weighted by atomic mass is 32.2. The van der Waals surface area contributed by atoms with E-state index in [4.69, 9.17) is 0 Å². The number of rotatable bonds is 0. The number of hydrogen-bond acceptors (Lipinski definition) is 2. The molecule has 1 atom stereocenters. The third-order valence-corrected chi connectivity index (χ3v) is 3.80. The van der Waals surface area contributed by atoms with Crippen molar-refractivity contribution in [3.8, 4) is 0 Å². The molecule has 66 valence electrons. The monoisotopic (exact) mass is 189 g/mol. The van der Waals surface area contributed by atoms with Crippen LogP contribution in [0.25, 0.3) is 11.0 Å². The third kappa shape index (κ3) is 1.13. The molecule has 2 heteroatoms. The van der Waals surface area contributed by atoms with Crippen LogP contribution in [0, 0.1) is 0 Å². The smallest absolute Gasteiger partial charge is 0.0468 e. The van der Waals surface area contributed by atoms with E-state index in [0.29, 0.717) is 6.04 Å². The van der Waals surface area contributed by atoms with Crippen LogP contribution >= 0.6 is 11.8 Å². The zero-order chi connectivity index (χ0) is 8.67. The number of nitrogens with one attached hydrogen (secondary N) is 1. The molecule has 1 saturated heterocycles. The summed E-state index contributed by atoms with van der Waals surface area (Å²) in [5.41, 5.74) is 0. The first-order valence-electron chi connectivity index (χ1n) is 4.61. The van der Waals surface area contributed by atoms with Crippen molar-refractivity contribution in [2.45, 2.75) is 12.5 Å². The van der Waals surface area contributed by atoms with Gasteiger partial charge in [0, 0.05) is 16.8 Å². The van der Waals surface area contributed by atoms with Gasteiger partial charge in [-0.25, -0.2) is 0 Å². The Morgan fingerprint density at radius 3 is 3.23 bits per heavy atom. The molecule has 0 saturated carbocycles. The number of fused-ring (bicyclic) bond motifs is 2. The zero-order valence-electron chi connectivity index (χ0n) is 7.29. The van der Waals surface area contributed by atoms with Crippen molar-refractivity contribution in [1.29, 1.82) is 0 Å². The molecule has 1 aliphatic carbocycles. The van der Waals surface area contributed by atoms with Gasteiger partial charge in [0.2, 0.25) is 0 Å². The SMILES string of the molecule is C1=c2ccccc2=C2SCNC2C1. The van der Waals surface area contributed by atoms with E-state index in [1.807, 2.05) is 11.8 Å². The Bertz CT molecular complexity index is 449. The van der Waals surface area contributed by atoms with Gasteiger partial charge < -0.3 is 0 Å². The second-order valence-electron chi connectivity index (χ2n) is 3.44. The van der Waals surface area contributed by atoms with Crippen LogP contribution in [0.3, 0.4) is 0 Å². The molecule has 13 heavy (non-hydrogen) atoms. The zero-order valence-corrected chi connectivity index (χ0v) is 8.10. The number of thioether (sulfide) groups is 1. The average Bonchev–Trinajstić information content (AvgIpc) is 2.65. The first-order chi connectivity index (χ1) is 6.45. The van der Waals surface area contributed by atoms with Crippen molar-refractivity contribution in [1.82, 2.24) is 5.32 Å². The molecule has 0 radical (unpaired) electrons. The van der Waals surface area contributed by atoms with Gasteiger partial charge in [-0.1, -0.05) is 30.3 Å². The molecule has 1 aliphatic heterocycles. The van der Waals surface area contributed by atoms with Gasteiger partial charge in [-0.3, -0.25) is 5.32 Å². The molecular formula is C11H11NS. The quantitative estimate of drug-likeness (QED) is 0.643. The highest BCUT2D eigenvalue weighted by Gasteiger charge is 2.22. The summed E-state index contributed by atoms with van der Waals surface area (Å²) in [4.78, 5) is 1.54. The largest absolute Gasteiger partial charge is 0.300 e. The van der Waals surface area contributed by atoms with E-state index in [1.165, 1.54) is 15.3 Å². The van der Waals surface area contributed by atoms with Crippen LogP contribution in [0.5, 0.6) is 0 Å². The molecule has 1 unspecified atom stereocenters. The van der Waals surface area contributed by atoms with Gasteiger partial charge in [0.25, 0.3) is 0 Å². The van der Waals surface area contributed by atoms with Crippen molar-refractivity contribution < 1.29 is 0 Å². The molecule has 0 bridgehead atoms. The topological polar surface area (TPSA) is 12.0 Å². The van der Waals surface area contributed by atoms with E-state index in [9.17, 15) is 0 Å². The van der Waals surface area contributed by atoms with Crippen molar-refractivity contribution >= 4 is 22.7 Å². The van der Waals surface area contributed by atoms with E-state index in [2.05, 4.69) is 35.7 Å². The summed E-state index contributed by atoms with van der Waals surface area (Å²) in [6, 6.07) is 9.27. The fourth-order valence-electron chi connectivity index (χ4n) is 2.01. The van der Waals surface area contributed by atoms with Crippen LogP contribution in [0.15, 0.2) is 24.3 Å². The number of hydrogen-bond donors (Lipinski definition) is 1. The molecule has 1 N–H and O–H groups in total. The van der Waals surface area contributed by atoms with E-state index in [-0.39, 0.29) is 0 Å². The maximum absolute atomic E-state index is 3.49. The summed E-state index contributed by atoms with van der Waals surface area (Å²) in [5, 5.41) is 6.34. The second-order valence-corrected chi connectivity index (χ2v) is 4.45. The Hall–Kier alpha value is -0.730. The maximum Gasteiger partial charge on any atom is 0.0468 e. The summed E-state index contributed by atoms with van der Waals surface area (Å²) in [6.45, 7) is 0. The normalized spacial score (nSPS) is 24.9. The first-order valence-corrected chi connectivity index (χ1v) is 5.59. The van der Waals surface area contributed by atoms with Gasteiger partial charge in [-0.05, 0) is 16.9 Å². The lowest BCUT2D eigenvalue weighted by molar-refractivity contribution is 0.712. The summed E-state index contributed by atoms with van der Waals surface area (Å²) in [7, 11) is 0. The molecule has 1 nitrogen and oxygen atoms in total. The molecule has 1 heterocycles. The Morgan fingerprint density at radius 2 is 2.23 bits per heavy atom. The maximum atomic E-state index is 3.49. The minimum atomic E-state index is 0.597. The Balaban J connectivity index is 2.38. The molecule has 0 spiro atoms. The fourth-order valence-corrected chi connectivity index (χ4v) is 3.18. The Labute approximate surface area is 81.5 Å². The Morgan fingerprint density at radius 1 is 1.31 bits per heavy atom. The van der Waals surface area contributed by atoms with Gasteiger partial charge in [-0.2, -0.15) is 0 Å². The van der Waals surface area contributed by atoms with E-state index >= 15 is 0 Å². The van der Waals surface area contributed by atoms with Crippen LogP contribution in [-0.2, 0) is 0 Å². The van der Waals surface area contributed by atoms with Crippen LogP contribution < -0.4 is 15.8 Å². The van der Waals surface area contributed by atoms with Crippen molar-refractivity contribution in [3.63, 3.8) is 0 Å². The highest BCUT2D eigenvalue weighted by molar-refractivity contribution is 8.08. The minimum Gasteiger partial charge on any atom is -0.300 e. The van der Waals surface area contributed by atoms with E-state index in [1.54, 1.807) is 0 Å². The molecule has 0 aromatic heterocycles. The van der Waals surface area contributed by atoms with Gasteiger partial charge >= 0.3 is 0 Å². The van der Waals surface area contributed by atoms with Gasteiger partial charge in [0.15, 0.2) is 0 Å². The third-order valence-electron chi connectivity index (χ3n) is 2.67. The average molecular weight is 189 g/mol. The van der Waals surface area contributed by atoms with Crippen LogP contribution in [0.1, 0.15) is 6.42 Å². The molecule has 3 rings (SSSR count). The second kappa shape index (κ2) is 2.89. The predicted molar refractivity (Wildman–Crippen MR) is 57.6 cm³/mol. The molecule has 1 aromatic rings. The Kier molecular flexibility index (Phi) is 1.70. The molecule has 2 aliphatic rings. The first kappa shape index (κ1) is 7.65. The summed E-state index contributed by atoms with van der Waals surface area (Å²) < 4.78 is 0. The summed E-state index contributed by atoms with van der Waals surface area (Å²) >= 11 is 1.95. The van der Waals surface area contributed by atoms with Crippen LogP contribution in [-0.4, -0.2) is 11.9 Å². The predicted octanol–water partition coefficient (Wildman–Crippen LogP) is 0.641. The molecular weight excluding hydrogens is 178 g/mol. The lowest BCUT2D eigenvalue weighted by Gasteiger charge is -2.13. The van der Waals surface area contributed by atoms with E-state index < -0.39 is 0 Å². The molecule has 1 fully saturated rings. The molecule has 0 amide bonds. The van der Waals surface area contributed by atoms with Crippen LogP contribution in [0.4, 0.5) is 0 Å². The number of benzene rings is 1. The van der Waals surface area contributed by atoms with Gasteiger partial charge in [0.1, 0.15) is 0 Å². The lowest BCUT2D eigenvalue weighted by Crippen LogP contribution is -2.35. The van der Waals surface area contributed by atoms with Crippen molar-refractivity contribution in [2.75, 3.05) is 5.88 Å². The van der Waals surface area contributed by atoms with E-state index in [0.717, 1.165) is 12.3 Å². The van der Waals surface area contributed by atoms with Gasteiger partial charge in [-0.15, -0.1) is 11.8 Å². The summed E-state index contributed by atoms with van der Waals surface area (Å²) in [5.74, 6) is 1.07. The van der Waals surface area contributed by atoms with Crippen molar-refractivity contribution in [3.05, 3.63) is 34.7 Å². The standard InChI is InChI=1S/C11H11NS/c1-2-4-9-8(3-1)5-6-10-11(9)13-7-12-10/h1-5,10,12H,6-7H2. The van der Waals surface area contributed by atoms with Crippen LogP contribution in [0.2, 0.25) is 0 Å². The van der Waals surface area contributed by atoms with Crippen molar-refractivity contribution in [2.24, 2.45) is 0 Å². The van der Waals surface area contributed by atoms with Gasteiger partial charge in [0.05, 0.1) is 0 Å².